The molecule has 4 nitrogen and oxygen atoms in total. The van der Waals surface area contributed by atoms with Crippen molar-refractivity contribution in [3.05, 3.63) is 63.0 Å². The van der Waals surface area contributed by atoms with E-state index in [0.29, 0.717) is 11.3 Å². The highest BCUT2D eigenvalue weighted by Crippen LogP contribution is 2.30. The predicted octanol–water partition coefficient (Wildman–Crippen LogP) is 4.34. The molecule has 0 N–H and O–H groups in total. The van der Waals surface area contributed by atoms with E-state index in [2.05, 4.69) is 5.92 Å². The summed E-state index contributed by atoms with van der Waals surface area (Å²) in [5.74, 6) is 2.88. The maximum atomic E-state index is 12.7. The van der Waals surface area contributed by atoms with E-state index in [1.165, 1.54) is 24.3 Å². The van der Waals surface area contributed by atoms with Crippen molar-refractivity contribution < 1.29 is 13.2 Å². The molecule has 0 atom stereocenters. The molecule has 0 aliphatic carbocycles. The van der Waals surface area contributed by atoms with E-state index in [4.69, 9.17) is 34.4 Å². The third kappa shape index (κ3) is 4.55. The Labute approximate surface area is 156 Å². The summed E-state index contributed by atoms with van der Waals surface area (Å²) in [7, 11) is -4.10. The Bertz CT molecular complexity index is 998. The van der Waals surface area contributed by atoms with Gasteiger partial charge in [0.05, 0.1) is 9.92 Å². The molecule has 0 radical (unpaired) electrons. The lowest BCUT2D eigenvalue weighted by molar-refractivity contribution is 0.370. The van der Waals surface area contributed by atoms with Crippen LogP contribution in [0.4, 0.5) is 0 Å². The zero-order valence-electron chi connectivity index (χ0n) is 12.7. The number of ether oxygens (including phenoxy) is 1. The highest BCUT2D eigenvalue weighted by atomic mass is 35.5. The second-order valence-electron chi connectivity index (χ2n) is 4.76. The molecule has 2 rings (SSSR count). The van der Waals surface area contributed by atoms with Gasteiger partial charge >= 0.3 is 0 Å². The third-order valence-electron chi connectivity index (χ3n) is 3.08. The summed E-state index contributed by atoms with van der Waals surface area (Å²) in [5, 5.41) is 9.49. The van der Waals surface area contributed by atoms with Crippen LogP contribution in [-0.4, -0.2) is 15.0 Å². The molecule has 0 aliphatic heterocycles. The fraction of sp³-hybridized carbons (Fsp3) is 0.0556. The van der Waals surface area contributed by atoms with Crippen LogP contribution in [0.25, 0.3) is 6.08 Å². The van der Waals surface area contributed by atoms with Crippen LogP contribution in [0.1, 0.15) is 5.56 Å². The molecule has 2 aromatic carbocycles. The van der Waals surface area contributed by atoms with Gasteiger partial charge in [0.25, 0.3) is 0 Å². The number of terminal acetylenes is 1. The number of rotatable bonds is 5. The first-order chi connectivity index (χ1) is 11.9. The van der Waals surface area contributed by atoms with E-state index in [0.717, 1.165) is 0 Å². The van der Waals surface area contributed by atoms with Gasteiger partial charge in [0, 0.05) is 5.02 Å². The Morgan fingerprint density at radius 1 is 1.20 bits per heavy atom. The van der Waals surface area contributed by atoms with Gasteiger partial charge in [-0.3, -0.25) is 0 Å². The lowest BCUT2D eigenvalue weighted by atomic mass is 10.2. The van der Waals surface area contributed by atoms with Crippen LogP contribution < -0.4 is 4.74 Å². The summed E-state index contributed by atoms with van der Waals surface area (Å²) in [6.45, 7) is 0.125. The summed E-state index contributed by atoms with van der Waals surface area (Å²) in [4.78, 5) is -0.669. The van der Waals surface area contributed by atoms with E-state index in [9.17, 15) is 13.7 Å². The molecule has 0 amide bonds. The number of halogens is 2. The number of allylic oxidation sites excluding steroid dienone is 1. The Hall–Kier alpha value is -2.44. The summed E-state index contributed by atoms with van der Waals surface area (Å²) in [6, 6.07) is 12.2. The van der Waals surface area contributed by atoms with Crippen LogP contribution in [0, 0.1) is 23.7 Å². The predicted molar refractivity (Wildman–Crippen MR) is 98.0 cm³/mol. The minimum Gasteiger partial charge on any atom is -0.481 e. The number of hydrogen-bond donors (Lipinski definition) is 0. The van der Waals surface area contributed by atoms with Crippen LogP contribution >= 0.6 is 23.2 Å². The first-order valence-corrected chi connectivity index (χ1v) is 9.10. The van der Waals surface area contributed by atoms with E-state index in [1.54, 1.807) is 30.3 Å². The number of benzene rings is 2. The van der Waals surface area contributed by atoms with Gasteiger partial charge in [-0.05, 0) is 42.0 Å². The van der Waals surface area contributed by atoms with Crippen molar-refractivity contribution >= 4 is 39.1 Å². The quantitative estimate of drug-likeness (QED) is 0.561. The molecule has 0 spiro atoms. The average molecular weight is 392 g/mol. The van der Waals surface area contributed by atoms with Crippen LogP contribution in [0.2, 0.25) is 10.0 Å². The van der Waals surface area contributed by atoms with E-state index in [-0.39, 0.29) is 21.5 Å². The van der Waals surface area contributed by atoms with Crippen LogP contribution in [0.3, 0.4) is 0 Å². The second-order valence-corrected chi connectivity index (χ2v) is 7.49. The van der Waals surface area contributed by atoms with Crippen LogP contribution in [0.5, 0.6) is 5.75 Å². The zero-order valence-corrected chi connectivity index (χ0v) is 15.1. The Balaban J connectivity index is 2.41. The average Bonchev–Trinajstić information content (AvgIpc) is 2.60. The highest BCUT2D eigenvalue weighted by Gasteiger charge is 2.24. The van der Waals surface area contributed by atoms with Gasteiger partial charge in [-0.25, -0.2) is 8.42 Å². The molecule has 0 aromatic heterocycles. The van der Waals surface area contributed by atoms with Crippen molar-refractivity contribution in [1.29, 1.82) is 5.26 Å². The largest absolute Gasteiger partial charge is 0.481 e. The second kappa shape index (κ2) is 8.09. The molecular formula is C18H11Cl2NO3S. The SMILES string of the molecule is C#CCOc1ccc(/C=C(/C#N)S(=O)(=O)c2cc(Cl)ccc2Cl)cc1. The molecule has 0 fully saturated rings. The number of nitrogens with zero attached hydrogens (tertiary/aromatic N) is 1. The minimum atomic E-state index is -4.10. The molecule has 126 valence electrons. The van der Waals surface area contributed by atoms with E-state index < -0.39 is 14.7 Å². The first-order valence-electron chi connectivity index (χ1n) is 6.86. The Kier molecular flexibility index (Phi) is 6.12. The molecule has 2 aromatic rings. The van der Waals surface area contributed by atoms with E-state index in [1.807, 2.05) is 0 Å². The summed E-state index contributed by atoms with van der Waals surface area (Å²) >= 11 is 11.8. The summed E-state index contributed by atoms with van der Waals surface area (Å²) < 4.78 is 30.6. The molecule has 0 heterocycles. The van der Waals surface area contributed by atoms with Crippen molar-refractivity contribution in [2.75, 3.05) is 6.61 Å². The van der Waals surface area contributed by atoms with Crippen molar-refractivity contribution in [1.82, 2.24) is 0 Å². The molecule has 0 bridgehead atoms. The maximum Gasteiger partial charge on any atom is 0.218 e. The Morgan fingerprint density at radius 3 is 2.48 bits per heavy atom. The normalized spacial score (nSPS) is 11.4. The minimum absolute atomic E-state index is 0.0106. The fourth-order valence-corrected chi connectivity index (χ4v) is 3.82. The summed E-state index contributed by atoms with van der Waals surface area (Å²) in [6.07, 6.45) is 6.36. The molecular weight excluding hydrogens is 381 g/mol. The van der Waals surface area contributed by atoms with Crippen LogP contribution in [0.15, 0.2) is 52.3 Å². The molecule has 7 heteroatoms. The Morgan fingerprint density at radius 2 is 1.88 bits per heavy atom. The molecule has 0 aliphatic rings. The third-order valence-corrected chi connectivity index (χ3v) is 5.46. The maximum absolute atomic E-state index is 12.7. The van der Waals surface area contributed by atoms with Gasteiger partial charge in [0.2, 0.25) is 9.84 Å². The highest BCUT2D eigenvalue weighted by molar-refractivity contribution is 7.95. The molecule has 0 unspecified atom stereocenters. The van der Waals surface area contributed by atoms with Crippen molar-refractivity contribution in [3.8, 4) is 24.2 Å². The van der Waals surface area contributed by atoms with Gasteiger partial charge in [-0.15, -0.1) is 6.42 Å². The fourth-order valence-electron chi connectivity index (χ4n) is 1.91. The van der Waals surface area contributed by atoms with Gasteiger partial charge < -0.3 is 4.74 Å². The standard InChI is InChI=1S/C18H11Cl2NO3S/c1-2-9-24-15-6-3-13(4-7-15)10-16(12-21)25(22,23)18-11-14(19)5-8-17(18)20/h1,3-8,10-11H,9H2/b16-10-. The van der Waals surface area contributed by atoms with Crippen LogP contribution in [-0.2, 0) is 9.84 Å². The molecule has 0 saturated carbocycles. The number of sulfone groups is 1. The number of nitriles is 1. The van der Waals surface area contributed by atoms with Gasteiger partial charge in [-0.1, -0.05) is 41.3 Å². The zero-order chi connectivity index (χ0) is 18.4. The number of hydrogen-bond acceptors (Lipinski definition) is 4. The van der Waals surface area contributed by atoms with Crippen molar-refractivity contribution in [2.45, 2.75) is 4.90 Å². The summed E-state index contributed by atoms with van der Waals surface area (Å²) in [5.41, 5.74) is 0.506. The lowest BCUT2D eigenvalue weighted by Gasteiger charge is -2.06. The first kappa shape index (κ1) is 18.9. The topological polar surface area (TPSA) is 67.2 Å². The van der Waals surface area contributed by atoms with Gasteiger partial charge in [-0.2, -0.15) is 5.26 Å². The molecule has 0 saturated heterocycles. The van der Waals surface area contributed by atoms with E-state index >= 15 is 0 Å². The van der Waals surface area contributed by atoms with Crippen molar-refractivity contribution in [2.24, 2.45) is 0 Å². The monoisotopic (exact) mass is 391 g/mol. The lowest BCUT2D eigenvalue weighted by Crippen LogP contribution is -2.04. The van der Waals surface area contributed by atoms with Crippen molar-refractivity contribution in [3.63, 3.8) is 0 Å². The molecule has 25 heavy (non-hydrogen) atoms. The smallest absolute Gasteiger partial charge is 0.218 e. The van der Waals surface area contributed by atoms with Gasteiger partial charge in [0.1, 0.15) is 23.3 Å². The van der Waals surface area contributed by atoms with Gasteiger partial charge in [0.15, 0.2) is 0 Å².